The minimum absolute atomic E-state index is 0.0107. The largest absolute Gasteiger partial charge is 0.465 e. The van der Waals surface area contributed by atoms with Crippen LogP contribution in [0.15, 0.2) is 55.0 Å². The molecule has 16 heteroatoms. The Morgan fingerprint density at radius 2 is 1.77 bits per heavy atom. The molecule has 2 atom stereocenters. The average Bonchev–Trinajstić information content (AvgIpc) is 3.33. The van der Waals surface area contributed by atoms with Gasteiger partial charge in [-0.05, 0) is 44.0 Å². The highest BCUT2D eigenvalue weighted by Gasteiger charge is 2.59. The topological polar surface area (TPSA) is 139 Å². The SMILES string of the molecule is C[C@]1(C(F)(F)F)CC[C@H](c2nc(-c3ccc(C(=O)Nc4cc(C(F)(F)F)ccn4)cc3)c3c(N)nccn23)CN1C(=O)O. The number of nitrogens with two attached hydrogens (primary N) is 1. The van der Waals surface area contributed by atoms with E-state index in [2.05, 4.69) is 20.3 Å². The third-order valence-corrected chi connectivity index (χ3v) is 7.54. The lowest BCUT2D eigenvalue weighted by molar-refractivity contribution is -0.229. The smallest absolute Gasteiger partial charge is 0.416 e. The van der Waals surface area contributed by atoms with Crippen LogP contribution >= 0.6 is 0 Å². The van der Waals surface area contributed by atoms with Crippen LogP contribution in [0.4, 0.5) is 42.8 Å². The lowest BCUT2D eigenvalue weighted by Gasteiger charge is -2.46. The molecule has 0 spiro atoms. The molecule has 0 radical (unpaired) electrons. The van der Waals surface area contributed by atoms with Gasteiger partial charge in [0.25, 0.3) is 5.91 Å². The summed E-state index contributed by atoms with van der Waals surface area (Å²) < 4.78 is 82.1. The second kappa shape index (κ2) is 10.4. The molecule has 226 valence electrons. The summed E-state index contributed by atoms with van der Waals surface area (Å²) in [6, 6.07) is 7.30. The Bertz CT molecular complexity index is 1700. The zero-order chi connectivity index (χ0) is 31.3. The average molecular weight is 608 g/mol. The van der Waals surface area contributed by atoms with Gasteiger partial charge in [0.05, 0.1) is 5.56 Å². The number of alkyl halides is 6. The molecule has 10 nitrogen and oxygen atoms in total. The molecule has 1 fully saturated rings. The third kappa shape index (κ3) is 5.39. The van der Waals surface area contributed by atoms with Gasteiger partial charge in [-0.3, -0.25) is 14.1 Å². The molecule has 1 aromatic carbocycles. The fourth-order valence-corrected chi connectivity index (χ4v) is 5.12. The Labute approximate surface area is 239 Å². The Kier molecular flexibility index (Phi) is 7.18. The van der Waals surface area contributed by atoms with Crippen molar-refractivity contribution in [2.24, 2.45) is 0 Å². The van der Waals surface area contributed by atoms with Gasteiger partial charge in [0.2, 0.25) is 0 Å². The molecule has 43 heavy (non-hydrogen) atoms. The Morgan fingerprint density at radius 3 is 2.40 bits per heavy atom. The highest BCUT2D eigenvalue weighted by atomic mass is 19.4. The van der Waals surface area contributed by atoms with Gasteiger partial charge < -0.3 is 16.2 Å². The highest BCUT2D eigenvalue weighted by Crippen LogP contribution is 2.46. The van der Waals surface area contributed by atoms with Crippen molar-refractivity contribution in [2.45, 2.75) is 43.6 Å². The number of aromatic nitrogens is 4. The van der Waals surface area contributed by atoms with Crippen LogP contribution in [0.1, 0.15) is 47.4 Å². The lowest BCUT2D eigenvalue weighted by atomic mass is 9.82. The maximum Gasteiger partial charge on any atom is 0.416 e. The number of carbonyl (C=O) groups excluding carboxylic acids is 1. The van der Waals surface area contributed by atoms with Crippen LogP contribution in [0.5, 0.6) is 0 Å². The van der Waals surface area contributed by atoms with E-state index in [4.69, 9.17) is 5.73 Å². The van der Waals surface area contributed by atoms with Crippen molar-refractivity contribution >= 4 is 29.2 Å². The van der Waals surface area contributed by atoms with Gasteiger partial charge >= 0.3 is 18.4 Å². The van der Waals surface area contributed by atoms with Gasteiger partial charge in [-0.1, -0.05) is 12.1 Å². The van der Waals surface area contributed by atoms with Crippen LogP contribution in [0, 0.1) is 0 Å². The van der Waals surface area contributed by atoms with Gasteiger partial charge in [0.15, 0.2) is 0 Å². The fraction of sp³-hybridized carbons (Fsp3) is 0.296. The molecule has 1 saturated heterocycles. The number of hydrogen-bond donors (Lipinski definition) is 3. The van der Waals surface area contributed by atoms with Crippen molar-refractivity contribution in [3.05, 3.63) is 71.9 Å². The van der Waals surface area contributed by atoms with Crippen LogP contribution in [0.3, 0.4) is 0 Å². The summed E-state index contributed by atoms with van der Waals surface area (Å²) in [6.45, 7) is 0.393. The normalized spacial score (nSPS) is 19.4. The van der Waals surface area contributed by atoms with Crippen molar-refractivity contribution in [3.8, 4) is 11.3 Å². The summed E-state index contributed by atoms with van der Waals surface area (Å²) in [6.07, 6.45) is -7.78. The molecule has 1 aliphatic heterocycles. The number of hydrogen-bond acceptors (Lipinski definition) is 6. The van der Waals surface area contributed by atoms with Gasteiger partial charge in [-0.25, -0.2) is 19.7 Å². The first kappa shape index (κ1) is 29.6. The van der Waals surface area contributed by atoms with Crippen molar-refractivity contribution < 1.29 is 41.0 Å². The zero-order valence-corrected chi connectivity index (χ0v) is 22.2. The molecule has 1 aliphatic rings. The van der Waals surface area contributed by atoms with Gasteiger partial charge in [0.1, 0.15) is 34.2 Å². The predicted molar refractivity (Wildman–Crippen MR) is 141 cm³/mol. The standard InChI is InChI=1S/C27H23F6N7O3/c1-25(27(31,32)33)8-6-16(13-40(25)24(42)43)22-38-19(20-21(34)36-10-11-39(20)22)14-2-4-15(5-3-14)23(41)37-18-12-17(7-9-35-18)26(28,29)30/h2-5,7,9-12,16H,6,8,13H2,1H3,(H2,34,36)(H,42,43)(H,35,37,41)/t16-,25+/m0/s1. The van der Waals surface area contributed by atoms with E-state index in [0.29, 0.717) is 22.0 Å². The van der Waals surface area contributed by atoms with E-state index in [-0.39, 0.29) is 35.1 Å². The molecule has 3 aromatic heterocycles. The molecule has 0 unspecified atom stereocenters. The molecule has 2 amide bonds. The summed E-state index contributed by atoms with van der Waals surface area (Å²) in [5.41, 5.74) is 3.76. The van der Waals surface area contributed by atoms with Crippen LogP contribution < -0.4 is 11.1 Å². The Morgan fingerprint density at radius 1 is 1.07 bits per heavy atom. The number of carbonyl (C=O) groups is 2. The van der Waals surface area contributed by atoms with Crippen molar-refractivity contribution in [2.75, 3.05) is 17.6 Å². The molecule has 5 rings (SSSR count). The van der Waals surface area contributed by atoms with Crippen molar-refractivity contribution in [1.29, 1.82) is 0 Å². The van der Waals surface area contributed by atoms with E-state index < -0.39 is 54.3 Å². The van der Waals surface area contributed by atoms with E-state index in [1.165, 1.54) is 36.7 Å². The van der Waals surface area contributed by atoms with Crippen LogP contribution in [0.2, 0.25) is 0 Å². The van der Waals surface area contributed by atoms with E-state index in [0.717, 1.165) is 19.2 Å². The van der Waals surface area contributed by atoms with E-state index >= 15 is 0 Å². The van der Waals surface area contributed by atoms with Gasteiger partial charge in [0, 0.05) is 42.2 Å². The summed E-state index contributed by atoms with van der Waals surface area (Å²) in [7, 11) is 0. The number of halogens is 6. The third-order valence-electron chi connectivity index (χ3n) is 7.54. The second-order valence-electron chi connectivity index (χ2n) is 10.2. The van der Waals surface area contributed by atoms with Gasteiger partial charge in [-0.15, -0.1) is 0 Å². The van der Waals surface area contributed by atoms with Crippen LogP contribution in [0.25, 0.3) is 16.8 Å². The minimum Gasteiger partial charge on any atom is -0.465 e. The first-order valence-corrected chi connectivity index (χ1v) is 12.7. The first-order valence-electron chi connectivity index (χ1n) is 12.7. The molecule has 4 heterocycles. The summed E-state index contributed by atoms with van der Waals surface area (Å²) in [5.74, 6) is -1.39. The van der Waals surface area contributed by atoms with Gasteiger partial charge in [-0.2, -0.15) is 26.3 Å². The number of carboxylic acid groups (broad SMARTS) is 1. The molecular formula is C27H23F6N7O3. The zero-order valence-electron chi connectivity index (χ0n) is 22.2. The number of nitrogen functional groups attached to an aromatic ring is 1. The number of pyridine rings is 1. The van der Waals surface area contributed by atoms with E-state index in [9.17, 15) is 41.0 Å². The summed E-state index contributed by atoms with van der Waals surface area (Å²) >= 11 is 0. The molecule has 4 aromatic rings. The lowest BCUT2D eigenvalue weighted by Crippen LogP contribution is -2.62. The molecule has 0 bridgehead atoms. The van der Waals surface area contributed by atoms with E-state index in [1.807, 2.05) is 0 Å². The predicted octanol–water partition coefficient (Wildman–Crippen LogP) is 5.82. The van der Waals surface area contributed by atoms with E-state index in [1.54, 1.807) is 4.40 Å². The fourth-order valence-electron chi connectivity index (χ4n) is 5.12. The monoisotopic (exact) mass is 607 g/mol. The Balaban J connectivity index is 1.45. The molecule has 0 saturated carbocycles. The Hall–Kier alpha value is -4.89. The molecular weight excluding hydrogens is 584 g/mol. The second-order valence-corrected chi connectivity index (χ2v) is 10.2. The number of rotatable bonds is 4. The number of anilines is 2. The number of piperidine rings is 1. The number of nitrogens with zero attached hydrogens (tertiary/aromatic N) is 5. The maximum atomic E-state index is 13.8. The molecule has 0 aliphatic carbocycles. The van der Waals surface area contributed by atoms with Crippen LogP contribution in [-0.4, -0.2) is 59.6 Å². The maximum absolute atomic E-state index is 13.8. The first-order chi connectivity index (χ1) is 20.1. The van der Waals surface area contributed by atoms with Crippen molar-refractivity contribution in [1.82, 2.24) is 24.3 Å². The highest BCUT2D eigenvalue weighted by molar-refractivity contribution is 6.04. The number of nitrogens with one attached hydrogen (secondary N) is 1. The molecule has 4 N–H and O–H groups in total. The number of benzene rings is 1. The van der Waals surface area contributed by atoms with Crippen LogP contribution in [-0.2, 0) is 6.18 Å². The number of likely N-dealkylation sites (tertiary alicyclic amines) is 1. The minimum atomic E-state index is -4.78. The summed E-state index contributed by atoms with van der Waals surface area (Å²) in [4.78, 5) is 37.4. The van der Waals surface area contributed by atoms with Crippen molar-refractivity contribution in [3.63, 3.8) is 0 Å². The number of amides is 2. The number of fused-ring (bicyclic) bond motifs is 1. The quantitative estimate of drug-likeness (QED) is 0.249. The number of imidazole rings is 1. The summed E-state index contributed by atoms with van der Waals surface area (Å²) in [5, 5.41) is 12.0.